The van der Waals surface area contributed by atoms with Crippen LogP contribution in [0, 0.1) is 11.3 Å². The highest BCUT2D eigenvalue weighted by molar-refractivity contribution is 5.79. The molecule has 2 N–H and O–H groups in total. The topological polar surface area (TPSA) is 48.9 Å². The van der Waals surface area contributed by atoms with Crippen molar-refractivity contribution in [3.05, 3.63) is 35.4 Å². The Bertz CT molecular complexity index is 667. The molecule has 2 unspecified atom stereocenters. The highest BCUT2D eigenvalue weighted by Crippen LogP contribution is 2.33. The fourth-order valence-corrected chi connectivity index (χ4v) is 4.71. The van der Waals surface area contributed by atoms with Crippen LogP contribution in [0.5, 0.6) is 0 Å². The van der Waals surface area contributed by atoms with Gasteiger partial charge in [0.15, 0.2) is 5.96 Å². The SMILES string of the molecule is CN=C(NCCCN1CCc2ccccc2C1)NCC1CCCOC1C(C)(C)C. The van der Waals surface area contributed by atoms with E-state index in [1.54, 1.807) is 0 Å². The quantitative estimate of drug-likeness (QED) is 0.436. The summed E-state index contributed by atoms with van der Waals surface area (Å²) in [5.41, 5.74) is 3.19. The van der Waals surface area contributed by atoms with Crippen LogP contribution < -0.4 is 10.6 Å². The van der Waals surface area contributed by atoms with Crippen LogP contribution in [0.15, 0.2) is 29.3 Å². The molecule has 5 heteroatoms. The molecule has 29 heavy (non-hydrogen) atoms. The molecule has 0 aliphatic carbocycles. The van der Waals surface area contributed by atoms with Crippen molar-refractivity contribution in [2.24, 2.45) is 16.3 Å². The predicted octanol–water partition coefficient (Wildman–Crippen LogP) is 3.44. The van der Waals surface area contributed by atoms with Crippen molar-refractivity contribution in [2.45, 2.75) is 59.1 Å². The molecule has 2 aliphatic heterocycles. The third-order valence-corrected chi connectivity index (χ3v) is 6.21. The fraction of sp³-hybridized carbons (Fsp3) is 0.708. The van der Waals surface area contributed by atoms with Crippen molar-refractivity contribution in [3.63, 3.8) is 0 Å². The van der Waals surface area contributed by atoms with Crippen LogP contribution in [0.25, 0.3) is 0 Å². The minimum atomic E-state index is 0.177. The average Bonchev–Trinajstić information content (AvgIpc) is 2.72. The number of nitrogens with one attached hydrogen (secondary N) is 2. The third-order valence-electron chi connectivity index (χ3n) is 6.21. The minimum Gasteiger partial charge on any atom is -0.377 e. The maximum atomic E-state index is 6.11. The lowest BCUT2D eigenvalue weighted by Gasteiger charge is -2.40. The van der Waals surface area contributed by atoms with Gasteiger partial charge in [0.05, 0.1) is 6.10 Å². The number of guanidine groups is 1. The van der Waals surface area contributed by atoms with E-state index in [-0.39, 0.29) is 5.41 Å². The molecule has 1 saturated heterocycles. The second kappa shape index (κ2) is 10.4. The van der Waals surface area contributed by atoms with E-state index in [1.807, 2.05) is 7.05 Å². The van der Waals surface area contributed by atoms with Gasteiger partial charge < -0.3 is 15.4 Å². The van der Waals surface area contributed by atoms with Crippen molar-refractivity contribution in [3.8, 4) is 0 Å². The number of fused-ring (bicyclic) bond motifs is 1. The number of hydrogen-bond donors (Lipinski definition) is 2. The molecule has 0 saturated carbocycles. The number of benzene rings is 1. The van der Waals surface area contributed by atoms with E-state index in [0.717, 1.165) is 51.6 Å². The van der Waals surface area contributed by atoms with E-state index >= 15 is 0 Å². The smallest absolute Gasteiger partial charge is 0.190 e. The third kappa shape index (κ3) is 6.45. The molecule has 3 rings (SSSR count). The zero-order chi connectivity index (χ0) is 20.7. The lowest BCUT2D eigenvalue weighted by molar-refractivity contribution is -0.0835. The summed E-state index contributed by atoms with van der Waals surface area (Å²) in [5, 5.41) is 7.03. The number of aliphatic imine (C=N–C) groups is 1. The van der Waals surface area contributed by atoms with Crippen molar-refractivity contribution < 1.29 is 4.74 Å². The van der Waals surface area contributed by atoms with Crippen LogP contribution in [-0.2, 0) is 17.7 Å². The summed E-state index contributed by atoms with van der Waals surface area (Å²) in [7, 11) is 1.86. The van der Waals surface area contributed by atoms with Crippen LogP contribution in [0.4, 0.5) is 0 Å². The standard InChI is InChI=1S/C24H40N4O/c1-24(2,3)22-20(11-7-16-29-22)17-27-23(25-4)26-13-8-14-28-15-12-19-9-5-6-10-21(19)18-28/h5-6,9-10,20,22H,7-8,11-18H2,1-4H3,(H2,25,26,27). The molecular formula is C24H40N4O. The van der Waals surface area contributed by atoms with Crippen LogP contribution in [-0.4, -0.2) is 56.8 Å². The first-order valence-electron chi connectivity index (χ1n) is 11.3. The van der Waals surface area contributed by atoms with Gasteiger partial charge in [-0.15, -0.1) is 0 Å². The van der Waals surface area contributed by atoms with Crippen molar-refractivity contribution >= 4 is 5.96 Å². The summed E-state index contributed by atoms with van der Waals surface area (Å²) < 4.78 is 6.11. The van der Waals surface area contributed by atoms with Gasteiger partial charge in [0.2, 0.25) is 0 Å². The predicted molar refractivity (Wildman–Crippen MR) is 121 cm³/mol. The summed E-state index contributed by atoms with van der Waals surface area (Å²) in [6, 6.07) is 8.85. The van der Waals surface area contributed by atoms with Gasteiger partial charge in [-0.05, 0) is 42.2 Å². The highest BCUT2D eigenvalue weighted by atomic mass is 16.5. The molecule has 0 radical (unpaired) electrons. The molecule has 1 aromatic carbocycles. The van der Waals surface area contributed by atoms with E-state index in [9.17, 15) is 0 Å². The molecule has 0 amide bonds. The second-order valence-electron chi connectivity index (χ2n) is 9.59. The first kappa shape index (κ1) is 22.1. The summed E-state index contributed by atoms with van der Waals surface area (Å²) in [6.07, 6.45) is 4.99. The minimum absolute atomic E-state index is 0.177. The Kier molecular flexibility index (Phi) is 7.96. The molecule has 2 atom stereocenters. The number of rotatable bonds is 6. The largest absolute Gasteiger partial charge is 0.377 e. The fourth-order valence-electron chi connectivity index (χ4n) is 4.71. The Hall–Kier alpha value is -1.59. The normalized spacial score (nSPS) is 23.5. The van der Waals surface area contributed by atoms with Crippen LogP contribution in [0.1, 0.15) is 51.2 Å². The lowest BCUT2D eigenvalue weighted by Crippen LogP contribution is -2.47. The number of ether oxygens (including phenoxy) is 1. The van der Waals surface area contributed by atoms with Gasteiger partial charge in [-0.2, -0.15) is 0 Å². The van der Waals surface area contributed by atoms with Crippen LogP contribution >= 0.6 is 0 Å². The lowest BCUT2D eigenvalue weighted by atomic mass is 9.78. The summed E-state index contributed by atoms with van der Waals surface area (Å²) in [4.78, 5) is 6.98. The summed E-state index contributed by atoms with van der Waals surface area (Å²) in [6.45, 7) is 13.0. The van der Waals surface area contributed by atoms with E-state index in [2.05, 4.69) is 65.6 Å². The Morgan fingerprint density at radius 3 is 2.76 bits per heavy atom. The highest BCUT2D eigenvalue weighted by Gasteiger charge is 2.35. The maximum Gasteiger partial charge on any atom is 0.190 e. The average molecular weight is 401 g/mol. The van der Waals surface area contributed by atoms with Gasteiger partial charge in [0.1, 0.15) is 0 Å². The Morgan fingerprint density at radius 1 is 1.21 bits per heavy atom. The second-order valence-corrected chi connectivity index (χ2v) is 9.59. The number of hydrogen-bond acceptors (Lipinski definition) is 3. The molecule has 2 aliphatic rings. The molecule has 0 bridgehead atoms. The first-order chi connectivity index (χ1) is 14.0. The zero-order valence-electron chi connectivity index (χ0n) is 18.8. The first-order valence-corrected chi connectivity index (χ1v) is 11.3. The van der Waals surface area contributed by atoms with Gasteiger partial charge in [0.25, 0.3) is 0 Å². The van der Waals surface area contributed by atoms with Crippen LogP contribution in [0.2, 0.25) is 0 Å². The summed E-state index contributed by atoms with van der Waals surface area (Å²) in [5.74, 6) is 1.45. The van der Waals surface area contributed by atoms with Gasteiger partial charge in [-0.3, -0.25) is 9.89 Å². The van der Waals surface area contributed by atoms with Crippen molar-refractivity contribution in [1.29, 1.82) is 0 Å². The van der Waals surface area contributed by atoms with Crippen molar-refractivity contribution in [1.82, 2.24) is 15.5 Å². The molecule has 162 valence electrons. The zero-order valence-corrected chi connectivity index (χ0v) is 18.8. The Labute approximate surface area is 177 Å². The molecule has 2 heterocycles. The molecular weight excluding hydrogens is 360 g/mol. The molecule has 5 nitrogen and oxygen atoms in total. The molecule has 1 aromatic rings. The molecule has 0 spiro atoms. The van der Waals surface area contributed by atoms with E-state index in [4.69, 9.17) is 4.74 Å². The molecule has 1 fully saturated rings. The monoisotopic (exact) mass is 400 g/mol. The Morgan fingerprint density at radius 2 is 2.00 bits per heavy atom. The maximum absolute atomic E-state index is 6.11. The van der Waals surface area contributed by atoms with Gasteiger partial charge >= 0.3 is 0 Å². The molecule has 0 aromatic heterocycles. The van der Waals surface area contributed by atoms with Crippen LogP contribution in [0.3, 0.4) is 0 Å². The van der Waals surface area contributed by atoms with Crippen molar-refractivity contribution in [2.75, 3.05) is 39.8 Å². The van der Waals surface area contributed by atoms with E-state index in [1.165, 1.54) is 30.5 Å². The summed E-state index contributed by atoms with van der Waals surface area (Å²) >= 11 is 0. The van der Waals surface area contributed by atoms with E-state index in [0.29, 0.717) is 12.0 Å². The van der Waals surface area contributed by atoms with E-state index < -0.39 is 0 Å². The van der Waals surface area contributed by atoms with Gasteiger partial charge in [0, 0.05) is 52.3 Å². The Balaban J connectivity index is 1.36. The van der Waals surface area contributed by atoms with Gasteiger partial charge in [-0.1, -0.05) is 45.0 Å². The number of nitrogens with zero attached hydrogens (tertiary/aromatic N) is 2. The van der Waals surface area contributed by atoms with Gasteiger partial charge in [-0.25, -0.2) is 0 Å².